The van der Waals surface area contributed by atoms with Gasteiger partial charge in [-0.1, -0.05) is 87.0 Å². The lowest BCUT2D eigenvalue weighted by atomic mass is 9.63. The van der Waals surface area contributed by atoms with Gasteiger partial charge in [-0.3, -0.25) is 14.4 Å². The van der Waals surface area contributed by atoms with Crippen LogP contribution in [0.1, 0.15) is 54.7 Å². The molecule has 38 heavy (non-hydrogen) atoms. The van der Waals surface area contributed by atoms with Gasteiger partial charge in [0.1, 0.15) is 11.5 Å². The highest BCUT2D eigenvalue weighted by atomic mass is 16.2. The van der Waals surface area contributed by atoms with Crippen LogP contribution in [-0.4, -0.2) is 29.6 Å². The Bertz CT molecular complexity index is 1530. The maximum absolute atomic E-state index is 14.6. The molecule has 0 unspecified atom stereocenters. The number of aryl methyl sites for hydroxylation is 1. The number of rotatable bonds is 3. The fourth-order valence-electron chi connectivity index (χ4n) is 6.77. The third-order valence-corrected chi connectivity index (χ3v) is 8.48. The quantitative estimate of drug-likeness (QED) is 0.446. The highest BCUT2D eigenvalue weighted by molar-refractivity contribution is 6.17. The lowest BCUT2D eigenvalue weighted by molar-refractivity contribution is -0.128. The minimum absolute atomic E-state index is 0.0506. The van der Waals surface area contributed by atoms with Gasteiger partial charge in [0.2, 0.25) is 5.91 Å². The smallest absolute Gasteiger partial charge is 0.238 e. The molecule has 3 aliphatic rings. The summed E-state index contributed by atoms with van der Waals surface area (Å²) in [5.41, 5.74) is 4.06. The predicted octanol–water partition coefficient (Wildman–Crippen LogP) is 5.97. The van der Waals surface area contributed by atoms with Crippen molar-refractivity contribution >= 4 is 34.4 Å². The van der Waals surface area contributed by atoms with Gasteiger partial charge in [0.25, 0.3) is 0 Å². The molecule has 1 spiro atoms. The van der Waals surface area contributed by atoms with Gasteiger partial charge in [-0.2, -0.15) is 0 Å². The third-order valence-electron chi connectivity index (χ3n) is 8.48. The zero-order valence-corrected chi connectivity index (χ0v) is 22.4. The van der Waals surface area contributed by atoms with Gasteiger partial charge in [0, 0.05) is 27.9 Å². The number of amides is 1. The average molecular weight is 505 g/mol. The summed E-state index contributed by atoms with van der Waals surface area (Å²) in [4.78, 5) is 45.5. The van der Waals surface area contributed by atoms with Crippen LogP contribution in [0.25, 0.3) is 5.57 Å². The van der Waals surface area contributed by atoms with Crippen LogP contribution in [-0.2, 0) is 15.0 Å². The zero-order chi connectivity index (χ0) is 27.0. The van der Waals surface area contributed by atoms with Crippen LogP contribution in [0.5, 0.6) is 0 Å². The molecule has 1 N–H and O–H groups in total. The predicted molar refractivity (Wildman–Crippen MR) is 150 cm³/mol. The van der Waals surface area contributed by atoms with E-state index in [4.69, 9.17) is 0 Å². The van der Waals surface area contributed by atoms with E-state index in [1.54, 1.807) is 12.1 Å². The van der Waals surface area contributed by atoms with E-state index in [0.717, 1.165) is 28.0 Å². The Morgan fingerprint density at radius 2 is 1.61 bits per heavy atom. The second-order valence-corrected chi connectivity index (χ2v) is 11.9. The first-order valence-corrected chi connectivity index (χ1v) is 13.2. The Morgan fingerprint density at radius 3 is 2.32 bits per heavy atom. The van der Waals surface area contributed by atoms with Gasteiger partial charge in [0.05, 0.1) is 12.0 Å². The number of hydrogen-bond donors (Lipinski definition) is 1. The molecular formula is C33H32N2O3. The lowest BCUT2D eigenvalue weighted by Gasteiger charge is -2.40. The Morgan fingerprint density at radius 1 is 0.921 bits per heavy atom. The number of benzene rings is 3. The molecular weight excluding hydrogens is 472 g/mol. The summed E-state index contributed by atoms with van der Waals surface area (Å²) in [7, 11) is 0. The molecule has 0 bridgehead atoms. The average Bonchev–Trinajstić information content (AvgIpc) is 3.36. The second kappa shape index (κ2) is 8.26. The molecule has 3 aromatic rings. The number of Topliss-reactive ketones (excluding diaryl/α,β-unsaturated/α-hetero) is 2. The van der Waals surface area contributed by atoms with Crippen molar-refractivity contribution in [1.82, 2.24) is 0 Å². The van der Waals surface area contributed by atoms with Gasteiger partial charge in [-0.15, -0.1) is 0 Å². The molecule has 3 aliphatic heterocycles. The van der Waals surface area contributed by atoms with Crippen molar-refractivity contribution < 1.29 is 14.4 Å². The van der Waals surface area contributed by atoms with Crippen molar-refractivity contribution in [1.29, 1.82) is 0 Å². The molecule has 1 amide bonds. The largest absolute Gasteiger partial charge is 0.352 e. The minimum atomic E-state index is -1.26. The van der Waals surface area contributed by atoms with E-state index in [0.29, 0.717) is 11.3 Å². The van der Waals surface area contributed by atoms with Crippen LogP contribution in [0.2, 0.25) is 0 Å². The monoisotopic (exact) mass is 504 g/mol. The molecule has 0 aliphatic carbocycles. The van der Waals surface area contributed by atoms with E-state index in [9.17, 15) is 14.4 Å². The van der Waals surface area contributed by atoms with E-state index < -0.39 is 28.8 Å². The van der Waals surface area contributed by atoms with E-state index in [1.165, 1.54) is 0 Å². The summed E-state index contributed by atoms with van der Waals surface area (Å²) in [6.07, 6.45) is 2.10. The molecule has 6 rings (SSSR count). The van der Waals surface area contributed by atoms with Crippen molar-refractivity contribution in [3.63, 3.8) is 0 Å². The van der Waals surface area contributed by atoms with E-state index in [2.05, 4.69) is 29.3 Å². The van der Waals surface area contributed by atoms with Crippen LogP contribution in [0.4, 0.5) is 11.4 Å². The first-order chi connectivity index (χ1) is 18.1. The van der Waals surface area contributed by atoms with Gasteiger partial charge in [-0.25, -0.2) is 0 Å². The molecule has 1 saturated heterocycles. The summed E-state index contributed by atoms with van der Waals surface area (Å²) < 4.78 is 0. The number of para-hydroxylation sites is 1. The highest BCUT2D eigenvalue weighted by Gasteiger charge is 2.71. The maximum Gasteiger partial charge on any atom is 0.238 e. The fourth-order valence-corrected chi connectivity index (χ4v) is 6.77. The number of carbonyl (C=O) groups excluding carboxylic acids is 3. The first-order valence-electron chi connectivity index (χ1n) is 13.2. The molecule has 3 heterocycles. The number of ketones is 2. The maximum atomic E-state index is 14.6. The number of carbonyl (C=O) groups is 3. The number of fused-ring (bicyclic) bond motifs is 6. The van der Waals surface area contributed by atoms with Gasteiger partial charge in [-0.05, 0) is 43.2 Å². The van der Waals surface area contributed by atoms with Crippen LogP contribution in [0.3, 0.4) is 0 Å². The molecule has 5 heteroatoms. The van der Waals surface area contributed by atoms with E-state index >= 15 is 0 Å². The summed E-state index contributed by atoms with van der Waals surface area (Å²) in [5, 5.41) is 3.09. The second-order valence-electron chi connectivity index (χ2n) is 11.9. The fraction of sp³-hybridized carbons (Fsp3) is 0.303. The lowest BCUT2D eigenvalue weighted by Crippen LogP contribution is -2.51. The first kappa shape index (κ1) is 24.4. The Labute approximate surface area is 223 Å². The van der Waals surface area contributed by atoms with Crippen molar-refractivity contribution in [3.8, 4) is 0 Å². The number of allylic oxidation sites excluding steroid dienone is 1. The Kier molecular flexibility index (Phi) is 5.29. The van der Waals surface area contributed by atoms with Crippen molar-refractivity contribution in [3.05, 3.63) is 101 Å². The summed E-state index contributed by atoms with van der Waals surface area (Å²) in [5.74, 6) is -1.38. The molecule has 3 aromatic carbocycles. The normalized spacial score (nSPS) is 25.4. The minimum Gasteiger partial charge on any atom is -0.352 e. The van der Waals surface area contributed by atoms with E-state index in [1.807, 2.05) is 82.3 Å². The standard InChI is InChI=1S/C33H32N2O3/c1-19-15-16-25-22(17-19)20(2)18-26-33(23-13-9-10-14-24(23)34-31(33)38)27(29(36)21-11-7-6-8-12-21)28(35(25)26)30(37)32(3,4)5/h6-18,26-28H,1-5H3,(H,34,38)/t26-,27-,28-,33-/m0/s1. The van der Waals surface area contributed by atoms with Crippen LogP contribution < -0.4 is 10.2 Å². The third kappa shape index (κ3) is 3.20. The van der Waals surface area contributed by atoms with Gasteiger partial charge in [0.15, 0.2) is 11.6 Å². The van der Waals surface area contributed by atoms with Gasteiger partial charge >= 0.3 is 0 Å². The van der Waals surface area contributed by atoms with Crippen molar-refractivity contribution in [2.75, 3.05) is 10.2 Å². The van der Waals surface area contributed by atoms with Crippen LogP contribution in [0.15, 0.2) is 78.9 Å². The Balaban J connectivity index is 1.71. The summed E-state index contributed by atoms with van der Waals surface area (Å²) in [6, 6.07) is 21.6. The summed E-state index contributed by atoms with van der Waals surface area (Å²) in [6.45, 7) is 9.77. The van der Waals surface area contributed by atoms with Gasteiger partial charge < -0.3 is 10.2 Å². The Hall–Kier alpha value is -3.99. The van der Waals surface area contributed by atoms with E-state index in [-0.39, 0.29) is 17.5 Å². The van der Waals surface area contributed by atoms with Crippen molar-refractivity contribution in [2.24, 2.45) is 11.3 Å². The number of nitrogens with one attached hydrogen (secondary N) is 1. The highest BCUT2D eigenvalue weighted by Crippen LogP contribution is 2.59. The molecule has 5 nitrogen and oxygen atoms in total. The topological polar surface area (TPSA) is 66.5 Å². The number of anilines is 2. The molecule has 1 fully saturated rings. The van der Waals surface area contributed by atoms with Crippen LogP contribution >= 0.6 is 0 Å². The summed E-state index contributed by atoms with van der Waals surface area (Å²) >= 11 is 0. The molecule has 4 atom stereocenters. The molecule has 0 saturated carbocycles. The SMILES string of the molecule is CC1=C[C@@H]2N(c3ccc(C)cc31)[C@H](C(=O)C(C)(C)C)[C@@H](C(=O)c1ccccc1)[C@@]21C(=O)Nc2ccccc21. The molecule has 0 radical (unpaired) electrons. The van der Waals surface area contributed by atoms with Crippen LogP contribution in [0, 0.1) is 18.3 Å². The zero-order valence-electron chi connectivity index (χ0n) is 22.4. The molecule has 192 valence electrons. The number of nitrogens with zero attached hydrogens (tertiary/aromatic N) is 1. The molecule has 0 aromatic heterocycles. The number of hydrogen-bond acceptors (Lipinski definition) is 4. The van der Waals surface area contributed by atoms with Crippen molar-refractivity contribution in [2.45, 2.75) is 52.1 Å².